The summed E-state index contributed by atoms with van der Waals surface area (Å²) < 4.78 is 0. The van der Waals surface area contributed by atoms with Crippen LogP contribution >= 0.6 is 22.9 Å². The molecule has 0 amide bonds. The van der Waals surface area contributed by atoms with E-state index in [2.05, 4.69) is 29.6 Å². The number of halogens is 1. The normalized spacial score (nSPS) is 14.7. The molecule has 16 heavy (non-hydrogen) atoms. The first kappa shape index (κ1) is 11.6. The van der Waals surface area contributed by atoms with E-state index in [-0.39, 0.29) is 11.3 Å². The van der Waals surface area contributed by atoms with Gasteiger partial charge in [0.25, 0.3) is 0 Å². The number of hydrogen-bond acceptors (Lipinski definition) is 2. The molecule has 0 radical (unpaired) electrons. The number of nitrogens with zero attached hydrogens (tertiary/aromatic N) is 1. The van der Waals surface area contributed by atoms with Crippen molar-refractivity contribution in [1.82, 2.24) is 4.98 Å². The number of rotatable bonds is 3. The number of thiophene rings is 1. The predicted molar refractivity (Wildman–Crippen MR) is 70.3 cm³/mol. The molecule has 0 spiro atoms. The molecule has 0 fully saturated rings. The minimum Gasteiger partial charge on any atom is -0.261 e. The summed E-state index contributed by atoms with van der Waals surface area (Å²) in [5.41, 5.74) is 3.55. The predicted octanol–water partition coefficient (Wildman–Crippen LogP) is 4.54. The van der Waals surface area contributed by atoms with Gasteiger partial charge >= 0.3 is 0 Å². The molecule has 2 aromatic rings. The highest BCUT2D eigenvalue weighted by Gasteiger charge is 2.21. The molecule has 2 aromatic heterocycles. The van der Waals surface area contributed by atoms with Gasteiger partial charge in [-0.1, -0.05) is 13.0 Å². The van der Waals surface area contributed by atoms with E-state index in [1.54, 1.807) is 11.3 Å². The Balaban J connectivity index is 2.23. The minimum absolute atomic E-state index is 0.00106. The second-order valence-electron chi connectivity index (χ2n) is 3.96. The number of hydrogen-bond donors (Lipinski definition) is 0. The molecule has 0 saturated heterocycles. The van der Waals surface area contributed by atoms with Gasteiger partial charge in [0, 0.05) is 17.8 Å². The summed E-state index contributed by atoms with van der Waals surface area (Å²) in [6.07, 6.45) is 1.82. The van der Waals surface area contributed by atoms with Gasteiger partial charge in [-0.3, -0.25) is 4.98 Å². The zero-order valence-electron chi connectivity index (χ0n) is 9.35. The maximum atomic E-state index is 6.50. The van der Waals surface area contributed by atoms with Gasteiger partial charge < -0.3 is 0 Å². The van der Waals surface area contributed by atoms with Gasteiger partial charge in [-0.15, -0.1) is 11.6 Å². The zero-order valence-corrected chi connectivity index (χ0v) is 10.9. The maximum Gasteiger partial charge on any atom is 0.0676 e. The zero-order chi connectivity index (χ0) is 11.5. The first-order chi connectivity index (χ1) is 7.70. The van der Waals surface area contributed by atoms with Gasteiger partial charge in [0.05, 0.1) is 5.38 Å². The Kier molecular flexibility index (Phi) is 3.62. The molecule has 0 aliphatic heterocycles. The van der Waals surface area contributed by atoms with Crippen LogP contribution in [0.25, 0.3) is 0 Å². The fraction of sp³-hybridized carbons (Fsp3) is 0.308. The maximum absolute atomic E-state index is 6.50. The molecule has 0 N–H and O–H groups in total. The van der Waals surface area contributed by atoms with Gasteiger partial charge in [0.2, 0.25) is 0 Å². The molecular formula is C13H14ClNS. The summed E-state index contributed by atoms with van der Waals surface area (Å²) in [7, 11) is 0. The highest BCUT2D eigenvalue weighted by atomic mass is 35.5. The largest absolute Gasteiger partial charge is 0.261 e. The fourth-order valence-electron chi connectivity index (χ4n) is 1.72. The summed E-state index contributed by atoms with van der Waals surface area (Å²) >= 11 is 8.21. The molecule has 0 aliphatic rings. The summed E-state index contributed by atoms with van der Waals surface area (Å²) in [6.45, 7) is 4.23. The average Bonchev–Trinajstić information content (AvgIpc) is 2.75. The Morgan fingerprint density at radius 1 is 1.31 bits per heavy atom. The molecule has 2 unspecified atom stereocenters. The summed E-state index contributed by atoms with van der Waals surface area (Å²) in [5.74, 6) is 0.233. The van der Waals surface area contributed by atoms with Gasteiger partial charge in [0.15, 0.2) is 0 Å². The van der Waals surface area contributed by atoms with E-state index in [0.717, 1.165) is 5.69 Å². The fourth-order valence-corrected chi connectivity index (χ4v) is 3.04. The van der Waals surface area contributed by atoms with Crippen LogP contribution in [0.2, 0.25) is 0 Å². The van der Waals surface area contributed by atoms with Crippen LogP contribution in [0.3, 0.4) is 0 Å². The van der Waals surface area contributed by atoms with Crippen LogP contribution in [0.1, 0.15) is 35.0 Å². The van der Waals surface area contributed by atoms with Crippen molar-refractivity contribution in [1.29, 1.82) is 0 Å². The van der Waals surface area contributed by atoms with Crippen molar-refractivity contribution in [2.24, 2.45) is 0 Å². The molecule has 2 atom stereocenters. The van der Waals surface area contributed by atoms with E-state index in [1.807, 2.05) is 24.4 Å². The van der Waals surface area contributed by atoms with Crippen molar-refractivity contribution in [3.05, 3.63) is 52.0 Å². The van der Waals surface area contributed by atoms with Crippen molar-refractivity contribution in [3.63, 3.8) is 0 Å². The van der Waals surface area contributed by atoms with E-state index >= 15 is 0 Å². The second kappa shape index (κ2) is 4.98. The van der Waals surface area contributed by atoms with Gasteiger partial charge in [-0.2, -0.15) is 11.3 Å². The lowest BCUT2D eigenvalue weighted by Gasteiger charge is -2.17. The van der Waals surface area contributed by atoms with E-state index in [0.29, 0.717) is 0 Å². The third-order valence-electron chi connectivity index (χ3n) is 2.79. The lowest BCUT2D eigenvalue weighted by Crippen LogP contribution is -2.04. The standard InChI is InChI=1S/C13H14ClNS/c1-9-7-16-8-11(9)13(14)10(2)12-5-3-4-6-15-12/h3-8,10,13H,1-2H3. The lowest BCUT2D eigenvalue weighted by atomic mass is 9.97. The van der Waals surface area contributed by atoms with Crippen molar-refractivity contribution < 1.29 is 0 Å². The first-order valence-corrected chi connectivity index (χ1v) is 6.65. The van der Waals surface area contributed by atoms with Crippen molar-refractivity contribution >= 4 is 22.9 Å². The van der Waals surface area contributed by atoms with Gasteiger partial charge in [0.1, 0.15) is 0 Å². The molecule has 2 rings (SSSR count). The third-order valence-corrected chi connectivity index (χ3v) is 4.28. The first-order valence-electron chi connectivity index (χ1n) is 5.28. The van der Waals surface area contributed by atoms with Crippen LogP contribution in [0.15, 0.2) is 35.2 Å². The smallest absolute Gasteiger partial charge is 0.0676 e. The minimum atomic E-state index is 0.00106. The molecular weight excluding hydrogens is 238 g/mol. The van der Waals surface area contributed by atoms with E-state index in [4.69, 9.17) is 11.6 Å². The SMILES string of the molecule is Cc1cscc1C(Cl)C(C)c1ccccn1. The highest BCUT2D eigenvalue weighted by Crippen LogP contribution is 2.37. The molecule has 2 heterocycles. The molecule has 1 nitrogen and oxygen atoms in total. The third kappa shape index (κ3) is 2.28. The van der Waals surface area contributed by atoms with Crippen LogP contribution < -0.4 is 0 Å². The van der Waals surface area contributed by atoms with Crippen molar-refractivity contribution in [2.45, 2.75) is 25.1 Å². The van der Waals surface area contributed by atoms with E-state index < -0.39 is 0 Å². The van der Waals surface area contributed by atoms with Crippen LogP contribution in [0.4, 0.5) is 0 Å². The summed E-state index contributed by atoms with van der Waals surface area (Å²) in [5, 5.41) is 4.27. The molecule has 84 valence electrons. The molecule has 3 heteroatoms. The molecule has 0 saturated carbocycles. The Morgan fingerprint density at radius 3 is 2.69 bits per heavy atom. The summed E-state index contributed by atoms with van der Waals surface area (Å²) in [4.78, 5) is 4.36. The Bertz CT molecular complexity index is 452. The Morgan fingerprint density at radius 2 is 2.12 bits per heavy atom. The van der Waals surface area contributed by atoms with Crippen LogP contribution in [0.5, 0.6) is 0 Å². The van der Waals surface area contributed by atoms with Crippen LogP contribution in [-0.2, 0) is 0 Å². The molecule has 0 aromatic carbocycles. The molecule has 0 aliphatic carbocycles. The second-order valence-corrected chi connectivity index (χ2v) is 5.17. The number of aryl methyl sites for hydroxylation is 1. The topological polar surface area (TPSA) is 12.9 Å². The van der Waals surface area contributed by atoms with Gasteiger partial charge in [-0.05, 0) is 40.9 Å². The van der Waals surface area contributed by atoms with Crippen LogP contribution in [-0.4, -0.2) is 4.98 Å². The quantitative estimate of drug-likeness (QED) is 0.730. The van der Waals surface area contributed by atoms with Crippen molar-refractivity contribution in [2.75, 3.05) is 0 Å². The monoisotopic (exact) mass is 251 g/mol. The highest BCUT2D eigenvalue weighted by molar-refractivity contribution is 7.08. The molecule has 0 bridgehead atoms. The summed E-state index contributed by atoms with van der Waals surface area (Å²) in [6, 6.07) is 5.96. The lowest BCUT2D eigenvalue weighted by molar-refractivity contribution is 0.705. The number of aromatic nitrogens is 1. The van der Waals surface area contributed by atoms with Gasteiger partial charge in [-0.25, -0.2) is 0 Å². The van der Waals surface area contributed by atoms with Crippen LogP contribution in [0, 0.1) is 6.92 Å². The number of alkyl halides is 1. The number of pyridine rings is 1. The Labute approximate surface area is 105 Å². The van der Waals surface area contributed by atoms with Crippen molar-refractivity contribution in [3.8, 4) is 0 Å². The van der Waals surface area contributed by atoms with E-state index in [1.165, 1.54) is 11.1 Å². The Hall–Kier alpha value is -0.860. The van der Waals surface area contributed by atoms with E-state index in [9.17, 15) is 0 Å². The average molecular weight is 252 g/mol.